The summed E-state index contributed by atoms with van der Waals surface area (Å²) >= 11 is 1.84. The Morgan fingerprint density at radius 2 is 0.636 bits per heavy atom. The molecule has 5 aromatic heterocycles. The number of pyridine rings is 3. The highest BCUT2D eigenvalue weighted by atomic mass is 32.1. The van der Waals surface area contributed by atoms with Crippen LogP contribution in [0.3, 0.4) is 0 Å². The second kappa shape index (κ2) is 49.8. The number of aryl methyl sites for hydroxylation is 8. The fourth-order valence-electron chi connectivity index (χ4n) is 7.22. The molecule has 0 aliphatic carbocycles. The zero-order valence-corrected chi connectivity index (χ0v) is 57.7. The topological polar surface area (TPSA) is 51.8 Å². The average Bonchev–Trinajstić information content (AvgIpc) is 4.40. The van der Waals surface area contributed by atoms with Crippen molar-refractivity contribution < 1.29 is 22.0 Å². The largest absolute Gasteiger partial charge is 0.467 e. The predicted octanol–water partition coefficient (Wildman–Crippen LogP) is 25.7. The molecular formula is C79H101F4N3OS. The van der Waals surface area contributed by atoms with Crippen molar-refractivity contribution in [1.82, 2.24) is 15.0 Å². The van der Waals surface area contributed by atoms with Crippen LogP contribution in [-0.4, -0.2) is 15.0 Å². The highest BCUT2D eigenvalue weighted by Gasteiger charge is 2.19. The lowest BCUT2D eigenvalue weighted by Crippen LogP contribution is -2.02. The Bertz CT molecular complexity index is 3160. The van der Waals surface area contributed by atoms with E-state index in [1.165, 1.54) is 53.0 Å². The predicted molar refractivity (Wildman–Crippen MR) is 380 cm³/mol. The van der Waals surface area contributed by atoms with Crippen molar-refractivity contribution in [3.8, 4) is 0 Å². The van der Waals surface area contributed by atoms with Gasteiger partial charge in [-0.15, -0.1) is 11.3 Å². The van der Waals surface area contributed by atoms with Gasteiger partial charge in [0.2, 0.25) is 0 Å². The number of furan rings is 1. The number of nitrogens with zero attached hydrogens (tertiary/aromatic N) is 3. The van der Waals surface area contributed by atoms with Crippen LogP contribution >= 0.6 is 11.3 Å². The SMILES string of the molecule is CC.CC.CC.CC.CC.CC.Cc1c(F)c(F)c(C)c(F)c1F.Cc1ccc(C)nc1.Cc1ccc(C)o1.Cc1ccc(C)s1.Cc1cccc(C)n1.c1ccc2cc3ccccc3cc2c1.c1ccc2ccccc2c1.c1ccc2ncccc2c1. The van der Waals surface area contributed by atoms with Gasteiger partial charge < -0.3 is 4.42 Å². The van der Waals surface area contributed by atoms with Gasteiger partial charge in [0.25, 0.3) is 0 Å². The molecule has 9 heteroatoms. The minimum absolute atomic E-state index is 0.629. The number of aromatic nitrogens is 3. The van der Waals surface area contributed by atoms with Gasteiger partial charge in [-0.1, -0.05) is 217 Å². The Labute approximate surface area is 531 Å². The molecule has 0 fully saturated rings. The number of fused-ring (bicyclic) bond motifs is 4. The molecule has 5 heterocycles. The Morgan fingerprint density at radius 1 is 0.307 bits per heavy atom. The summed E-state index contributed by atoms with van der Waals surface area (Å²) in [5.41, 5.74) is 4.28. The van der Waals surface area contributed by atoms with Crippen LogP contribution in [0.2, 0.25) is 0 Å². The third-order valence-electron chi connectivity index (χ3n) is 11.3. The van der Waals surface area contributed by atoms with E-state index in [0.29, 0.717) is 0 Å². The monoisotopic (exact) mass is 1220 g/mol. The van der Waals surface area contributed by atoms with Gasteiger partial charge in [0.15, 0.2) is 23.3 Å². The molecule has 0 spiro atoms. The van der Waals surface area contributed by atoms with Crippen LogP contribution in [0.15, 0.2) is 217 Å². The minimum Gasteiger partial charge on any atom is -0.467 e. The summed E-state index contributed by atoms with van der Waals surface area (Å²) < 4.78 is 55.7. The molecule has 88 heavy (non-hydrogen) atoms. The second-order valence-electron chi connectivity index (χ2n) is 17.8. The molecule has 7 aromatic carbocycles. The normalized spacial score (nSPS) is 9.02. The first kappa shape index (κ1) is 81.8. The van der Waals surface area contributed by atoms with Gasteiger partial charge in [0.1, 0.15) is 11.5 Å². The maximum Gasteiger partial charge on any atom is 0.165 e. The van der Waals surface area contributed by atoms with Gasteiger partial charge in [-0.2, -0.15) is 0 Å². The number of benzene rings is 7. The van der Waals surface area contributed by atoms with E-state index in [4.69, 9.17) is 4.42 Å². The van der Waals surface area contributed by atoms with E-state index in [1.54, 1.807) is 0 Å². The number of para-hydroxylation sites is 1. The van der Waals surface area contributed by atoms with Crippen LogP contribution in [0.1, 0.15) is 138 Å². The standard InChI is InChI=1S/C14H10.C10H8.C9H7N.C8H6F4.2C7H9N.C6H8O.C6H8S.6C2H6/c1-2-6-12-10-14-8-4-3-7-13(14)9-11(12)5-1;1-2-6-10-8-4-3-7-9(10)5-1;1-2-6-9-8(4-1)5-3-7-10-9;1-3-5(9)7(11)4(2)8(12)6(3)10;1-6-3-4-7(2)8-5-6;1-6-4-3-5-7(2)8-6;2*1-5-3-4-6(2)7-5;6*1-2/h1-10H;1-8H;1-7H;1-2H3;2*3-5H,1-2H3;2*3-4H,1-2H3;6*1-2H3. The van der Waals surface area contributed by atoms with E-state index >= 15 is 0 Å². The second-order valence-corrected chi connectivity index (χ2v) is 19.3. The first-order valence-electron chi connectivity index (χ1n) is 30.7. The van der Waals surface area contributed by atoms with Gasteiger partial charge in [0.05, 0.1) is 5.52 Å². The molecule has 12 rings (SSSR count). The molecule has 4 nitrogen and oxygen atoms in total. The van der Waals surface area contributed by atoms with Crippen LogP contribution in [0.4, 0.5) is 17.6 Å². The lowest BCUT2D eigenvalue weighted by Gasteiger charge is -2.04. The van der Waals surface area contributed by atoms with E-state index in [-0.39, 0.29) is 0 Å². The summed E-state index contributed by atoms with van der Waals surface area (Å²) in [6, 6.07) is 68.5. The molecular weight excluding hydrogens is 1110 g/mol. The molecule has 0 atom stereocenters. The first-order valence-corrected chi connectivity index (χ1v) is 31.6. The number of rotatable bonds is 0. The van der Waals surface area contributed by atoms with Crippen molar-refractivity contribution in [1.29, 1.82) is 0 Å². The maximum absolute atomic E-state index is 12.7. The van der Waals surface area contributed by atoms with Crippen molar-refractivity contribution in [2.45, 2.75) is 152 Å². The fourth-order valence-corrected chi connectivity index (χ4v) is 8.00. The number of hydrogen-bond donors (Lipinski definition) is 0. The van der Waals surface area contributed by atoms with Crippen molar-refractivity contribution in [3.63, 3.8) is 0 Å². The summed E-state index contributed by atoms with van der Waals surface area (Å²) in [7, 11) is 0. The fraction of sp³-hybridized carbons (Fsp3) is 0.278. The summed E-state index contributed by atoms with van der Waals surface area (Å²) in [6.45, 7) is 42.1. The molecule has 0 aliphatic rings. The number of halogens is 4. The number of thiophene rings is 1. The third-order valence-corrected chi connectivity index (χ3v) is 12.2. The molecule has 0 bridgehead atoms. The summed E-state index contributed by atoms with van der Waals surface area (Å²) in [5.74, 6) is -3.34. The van der Waals surface area contributed by atoms with Crippen molar-refractivity contribution in [2.75, 3.05) is 0 Å². The molecule has 472 valence electrons. The summed E-state index contributed by atoms with van der Waals surface area (Å²) in [4.78, 5) is 15.2. The van der Waals surface area contributed by atoms with Crippen LogP contribution < -0.4 is 0 Å². The lowest BCUT2D eigenvalue weighted by molar-refractivity contribution is 0.436. The van der Waals surface area contributed by atoms with E-state index in [0.717, 1.165) is 48.0 Å². The van der Waals surface area contributed by atoms with E-state index in [9.17, 15) is 17.6 Å². The van der Waals surface area contributed by atoms with E-state index < -0.39 is 34.4 Å². The molecule has 12 aromatic rings. The molecule has 0 saturated heterocycles. The zero-order valence-electron chi connectivity index (χ0n) is 56.9. The van der Waals surface area contributed by atoms with Gasteiger partial charge in [0, 0.05) is 55.7 Å². The van der Waals surface area contributed by atoms with Gasteiger partial charge in [-0.25, -0.2) is 17.6 Å². The molecule has 0 N–H and O–H groups in total. The van der Waals surface area contributed by atoms with Gasteiger partial charge in [-0.05, 0) is 174 Å². The zero-order chi connectivity index (χ0) is 67.0. The van der Waals surface area contributed by atoms with Crippen molar-refractivity contribution in [2.24, 2.45) is 0 Å². The number of hydrogen-bond acceptors (Lipinski definition) is 5. The smallest absolute Gasteiger partial charge is 0.165 e. The van der Waals surface area contributed by atoms with Gasteiger partial charge in [-0.3, -0.25) is 15.0 Å². The van der Waals surface area contributed by atoms with Crippen molar-refractivity contribution in [3.05, 3.63) is 291 Å². The summed E-state index contributed by atoms with van der Waals surface area (Å²) in [6.07, 6.45) is 3.68. The quantitative estimate of drug-likeness (QED) is 0.0863. The van der Waals surface area contributed by atoms with Crippen LogP contribution in [-0.2, 0) is 0 Å². The minimum atomic E-state index is -1.33. The summed E-state index contributed by atoms with van der Waals surface area (Å²) in [5, 5.41) is 9.06. The maximum atomic E-state index is 12.7. The molecule has 0 amide bonds. The van der Waals surface area contributed by atoms with E-state index in [1.807, 2.05) is 209 Å². The molecule has 0 radical (unpaired) electrons. The van der Waals surface area contributed by atoms with Crippen molar-refractivity contribution >= 4 is 54.6 Å². The molecule has 0 aliphatic heterocycles. The third kappa shape index (κ3) is 31.9. The van der Waals surface area contributed by atoms with Crippen LogP contribution in [0.25, 0.3) is 43.2 Å². The van der Waals surface area contributed by atoms with E-state index in [2.05, 4.69) is 168 Å². The van der Waals surface area contributed by atoms with Crippen LogP contribution in [0, 0.1) is 92.5 Å². The Kier molecular flexibility index (Phi) is 46.3. The Balaban J connectivity index is 0. The Morgan fingerprint density at radius 3 is 0.898 bits per heavy atom. The Hall–Kier alpha value is -8.27. The first-order chi connectivity index (χ1) is 42.5. The van der Waals surface area contributed by atoms with Crippen LogP contribution in [0.5, 0.6) is 0 Å². The molecule has 0 saturated carbocycles. The highest BCUT2D eigenvalue weighted by molar-refractivity contribution is 7.11. The highest BCUT2D eigenvalue weighted by Crippen LogP contribution is 2.23. The lowest BCUT2D eigenvalue weighted by atomic mass is 10.0. The molecule has 0 unspecified atom stereocenters. The average molecular weight is 1220 g/mol. The van der Waals surface area contributed by atoms with Gasteiger partial charge >= 0.3 is 0 Å².